The Morgan fingerprint density at radius 1 is 0.917 bits per heavy atom. The van der Waals surface area contributed by atoms with Gasteiger partial charge in [0.1, 0.15) is 5.75 Å². The SMILES string of the molecule is CC(=O)C1=C(C)Cc2ccc(N(C(=O)Oc3ccccc3)S(=O)(=O)c3ccc(C(C)(C)C)cc3)cc21. The van der Waals surface area contributed by atoms with Crippen molar-refractivity contribution in [1.29, 1.82) is 0 Å². The zero-order valence-electron chi connectivity index (χ0n) is 21.0. The number of sulfonamides is 1. The largest absolute Gasteiger partial charge is 0.434 e. The van der Waals surface area contributed by atoms with Crippen LogP contribution in [0.5, 0.6) is 5.75 Å². The molecule has 0 saturated heterocycles. The Morgan fingerprint density at radius 2 is 1.56 bits per heavy atom. The molecule has 0 heterocycles. The van der Waals surface area contributed by atoms with Crippen LogP contribution in [0.2, 0.25) is 0 Å². The number of benzene rings is 3. The van der Waals surface area contributed by atoms with Crippen LogP contribution in [-0.4, -0.2) is 20.3 Å². The average molecular weight is 504 g/mol. The highest BCUT2D eigenvalue weighted by atomic mass is 32.2. The highest BCUT2D eigenvalue weighted by molar-refractivity contribution is 7.93. The number of allylic oxidation sites excluding steroid dienone is 2. The molecule has 0 aliphatic heterocycles. The maximum Gasteiger partial charge on any atom is 0.434 e. The van der Waals surface area contributed by atoms with Gasteiger partial charge in [0, 0.05) is 5.57 Å². The first-order valence-electron chi connectivity index (χ1n) is 11.7. The van der Waals surface area contributed by atoms with Crippen molar-refractivity contribution in [3.63, 3.8) is 0 Å². The number of anilines is 1. The van der Waals surface area contributed by atoms with E-state index in [1.54, 1.807) is 60.7 Å². The normalized spacial score (nSPS) is 13.4. The fourth-order valence-electron chi connectivity index (χ4n) is 4.38. The molecule has 0 unspecified atom stereocenters. The molecule has 36 heavy (non-hydrogen) atoms. The smallest absolute Gasteiger partial charge is 0.409 e. The van der Waals surface area contributed by atoms with Gasteiger partial charge in [0.2, 0.25) is 0 Å². The maximum atomic E-state index is 13.9. The van der Waals surface area contributed by atoms with E-state index in [9.17, 15) is 18.0 Å². The van der Waals surface area contributed by atoms with E-state index in [1.807, 2.05) is 27.7 Å². The lowest BCUT2D eigenvalue weighted by molar-refractivity contribution is -0.111. The van der Waals surface area contributed by atoms with E-state index in [4.69, 9.17) is 4.74 Å². The molecule has 0 radical (unpaired) electrons. The van der Waals surface area contributed by atoms with Crippen molar-refractivity contribution in [2.45, 2.75) is 51.3 Å². The molecule has 0 saturated carbocycles. The summed E-state index contributed by atoms with van der Waals surface area (Å²) in [6.07, 6.45) is -0.468. The molecular formula is C29H29NO5S. The van der Waals surface area contributed by atoms with Crippen LogP contribution in [0.1, 0.15) is 51.3 Å². The number of ketones is 1. The number of hydrogen-bond donors (Lipinski definition) is 0. The first kappa shape index (κ1) is 25.4. The molecule has 0 atom stereocenters. The molecule has 3 aromatic rings. The molecule has 0 spiro atoms. The van der Waals surface area contributed by atoms with Crippen molar-refractivity contribution in [2.75, 3.05) is 4.31 Å². The highest BCUT2D eigenvalue weighted by Gasteiger charge is 2.34. The van der Waals surface area contributed by atoms with Gasteiger partial charge in [-0.3, -0.25) is 4.79 Å². The molecule has 0 aromatic heterocycles. The monoisotopic (exact) mass is 503 g/mol. The second-order valence-electron chi connectivity index (χ2n) is 9.95. The zero-order chi connectivity index (χ0) is 26.3. The van der Waals surface area contributed by atoms with E-state index in [2.05, 4.69) is 0 Å². The van der Waals surface area contributed by atoms with Gasteiger partial charge in [0.15, 0.2) is 5.78 Å². The number of amides is 1. The fourth-order valence-corrected chi connectivity index (χ4v) is 5.69. The number of hydrogen-bond acceptors (Lipinski definition) is 5. The molecule has 0 fully saturated rings. The van der Waals surface area contributed by atoms with Crippen LogP contribution in [0.3, 0.4) is 0 Å². The van der Waals surface area contributed by atoms with Crippen molar-refractivity contribution < 1.29 is 22.7 Å². The van der Waals surface area contributed by atoms with Gasteiger partial charge in [0.25, 0.3) is 10.0 Å². The minimum atomic E-state index is -4.35. The molecule has 3 aromatic carbocycles. The van der Waals surface area contributed by atoms with Crippen molar-refractivity contribution in [3.05, 3.63) is 95.1 Å². The van der Waals surface area contributed by atoms with Gasteiger partial charge >= 0.3 is 6.09 Å². The summed E-state index contributed by atoms with van der Waals surface area (Å²) in [5, 5.41) is 0. The third-order valence-electron chi connectivity index (χ3n) is 6.20. The second-order valence-corrected chi connectivity index (χ2v) is 11.7. The Balaban J connectivity index is 1.83. The molecular weight excluding hydrogens is 474 g/mol. The number of carbonyl (C=O) groups excluding carboxylic acids is 2. The Bertz CT molecular complexity index is 1460. The van der Waals surface area contributed by atoms with E-state index in [1.165, 1.54) is 19.1 Å². The summed E-state index contributed by atoms with van der Waals surface area (Å²) in [7, 11) is -4.35. The molecule has 1 aliphatic carbocycles. The molecule has 4 rings (SSSR count). The van der Waals surface area contributed by atoms with Crippen LogP contribution in [0.4, 0.5) is 10.5 Å². The number of ether oxygens (including phenoxy) is 1. The second kappa shape index (κ2) is 9.39. The van der Waals surface area contributed by atoms with E-state index >= 15 is 0 Å². The first-order chi connectivity index (χ1) is 16.9. The molecule has 186 valence electrons. The lowest BCUT2D eigenvalue weighted by Gasteiger charge is -2.24. The molecule has 1 amide bonds. The Labute approximate surface area is 212 Å². The van der Waals surface area contributed by atoms with Crippen molar-refractivity contribution in [1.82, 2.24) is 0 Å². The third-order valence-corrected chi connectivity index (χ3v) is 7.91. The average Bonchev–Trinajstić information content (AvgIpc) is 3.14. The summed E-state index contributed by atoms with van der Waals surface area (Å²) in [5.41, 5.74) is 3.90. The third kappa shape index (κ3) is 4.84. The number of fused-ring (bicyclic) bond motifs is 1. The minimum Gasteiger partial charge on any atom is -0.409 e. The van der Waals surface area contributed by atoms with E-state index in [0.717, 1.165) is 16.7 Å². The van der Waals surface area contributed by atoms with Gasteiger partial charge in [-0.2, -0.15) is 4.31 Å². The van der Waals surface area contributed by atoms with Crippen molar-refractivity contribution >= 4 is 33.2 Å². The summed E-state index contributed by atoms with van der Waals surface area (Å²) in [5.74, 6) is 0.106. The predicted octanol–water partition coefficient (Wildman–Crippen LogP) is 6.30. The number of nitrogens with zero attached hydrogens (tertiary/aromatic N) is 1. The highest BCUT2D eigenvalue weighted by Crippen LogP contribution is 2.37. The Morgan fingerprint density at radius 3 is 2.14 bits per heavy atom. The van der Waals surface area contributed by atoms with Gasteiger partial charge < -0.3 is 4.74 Å². The summed E-state index contributed by atoms with van der Waals surface area (Å²) < 4.78 is 33.8. The van der Waals surface area contributed by atoms with E-state index in [0.29, 0.717) is 21.9 Å². The summed E-state index contributed by atoms with van der Waals surface area (Å²) in [6.45, 7) is 9.47. The van der Waals surface area contributed by atoms with Crippen molar-refractivity contribution in [3.8, 4) is 5.75 Å². The van der Waals surface area contributed by atoms with Gasteiger partial charge in [-0.15, -0.1) is 0 Å². The lowest BCUT2D eigenvalue weighted by atomic mass is 9.87. The van der Waals surface area contributed by atoms with Gasteiger partial charge in [-0.25, -0.2) is 13.2 Å². The molecule has 0 bridgehead atoms. The molecule has 1 aliphatic rings. The number of rotatable bonds is 5. The molecule has 0 N–H and O–H groups in total. The quantitative estimate of drug-likeness (QED) is 0.408. The number of para-hydroxylation sites is 1. The first-order valence-corrected chi connectivity index (χ1v) is 13.1. The lowest BCUT2D eigenvalue weighted by Crippen LogP contribution is -2.39. The van der Waals surface area contributed by atoms with Crippen LogP contribution < -0.4 is 9.04 Å². The van der Waals surface area contributed by atoms with E-state index in [-0.39, 0.29) is 27.5 Å². The fraction of sp³-hybridized carbons (Fsp3) is 0.241. The van der Waals surface area contributed by atoms with Crippen LogP contribution in [0.15, 0.2) is 83.3 Å². The minimum absolute atomic E-state index is 0.0421. The van der Waals surface area contributed by atoms with Crippen molar-refractivity contribution in [2.24, 2.45) is 0 Å². The number of carbonyl (C=O) groups is 2. The van der Waals surface area contributed by atoms with Crippen LogP contribution in [-0.2, 0) is 26.7 Å². The summed E-state index contributed by atoms with van der Waals surface area (Å²) in [6, 6.07) is 19.7. The zero-order valence-corrected chi connectivity index (χ0v) is 21.8. The predicted molar refractivity (Wildman–Crippen MR) is 141 cm³/mol. The standard InChI is InChI=1S/C29H29NO5S/c1-19-17-21-11-14-23(18-26(21)27(19)20(2)31)30(28(32)35-24-9-7-6-8-10-24)36(33,34)25-15-12-22(13-16-25)29(3,4)5/h6-16,18H,17H2,1-5H3. The Kier molecular flexibility index (Phi) is 6.62. The molecule has 6 nitrogen and oxygen atoms in total. The van der Waals surface area contributed by atoms with Gasteiger partial charge in [-0.1, -0.05) is 62.7 Å². The summed E-state index contributed by atoms with van der Waals surface area (Å²) >= 11 is 0. The maximum absolute atomic E-state index is 13.9. The Hall–Kier alpha value is -3.71. The van der Waals surface area contributed by atoms with Crippen LogP contribution in [0.25, 0.3) is 5.57 Å². The van der Waals surface area contributed by atoms with Gasteiger partial charge in [-0.05, 0) is 78.8 Å². The molecule has 7 heteroatoms. The van der Waals surface area contributed by atoms with E-state index < -0.39 is 16.1 Å². The van der Waals surface area contributed by atoms with Gasteiger partial charge in [0.05, 0.1) is 10.6 Å². The topological polar surface area (TPSA) is 80.8 Å². The summed E-state index contributed by atoms with van der Waals surface area (Å²) in [4.78, 5) is 25.7. The van der Waals surface area contributed by atoms with Crippen LogP contribution in [0, 0.1) is 0 Å². The van der Waals surface area contributed by atoms with Crippen LogP contribution >= 0.6 is 0 Å². The number of Topliss-reactive ketones (excluding diaryl/α,β-unsaturated/α-hetero) is 1.